The number of carbonyl (C=O) groups is 1. The first kappa shape index (κ1) is 13.0. The minimum Gasteiger partial charge on any atom is -0.481 e. The molecule has 3 nitrogen and oxygen atoms in total. The molecule has 0 spiro atoms. The Bertz CT molecular complexity index is 295. The highest BCUT2D eigenvalue weighted by atomic mass is 16.4. The van der Waals surface area contributed by atoms with Crippen LogP contribution in [0.4, 0.5) is 0 Å². The van der Waals surface area contributed by atoms with Crippen molar-refractivity contribution in [2.45, 2.75) is 26.7 Å². The van der Waals surface area contributed by atoms with Crippen molar-refractivity contribution in [1.82, 2.24) is 4.90 Å². The SMILES string of the molecule is C=CC(CN1CCC(C(=O)O)CC1)=C(C)C. The van der Waals surface area contributed by atoms with Crippen molar-refractivity contribution in [3.63, 3.8) is 0 Å². The number of hydrogen-bond acceptors (Lipinski definition) is 2. The molecule has 0 aromatic rings. The fourth-order valence-electron chi connectivity index (χ4n) is 2.01. The summed E-state index contributed by atoms with van der Waals surface area (Å²) in [5.41, 5.74) is 2.55. The van der Waals surface area contributed by atoms with E-state index in [2.05, 4.69) is 25.3 Å². The molecule has 1 saturated heterocycles. The summed E-state index contributed by atoms with van der Waals surface area (Å²) >= 11 is 0. The zero-order chi connectivity index (χ0) is 12.1. The first-order chi connectivity index (χ1) is 7.54. The van der Waals surface area contributed by atoms with Gasteiger partial charge >= 0.3 is 5.97 Å². The van der Waals surface area contributed by atoms with E-state index in [9.17, 15) is 4.79 Å². The molecule has 16 heavy (non-hydrogen) atoms. The van der Waals surface area contributed by atoms with Crippen LogP contribution in [0.25, 0.3) is 0 Å². The summed E-state index contributed by atoms with van der Waals surface area (Å²) < 4.78 is 0. The standard InChI is InChI=1S/C13H21NO2/c1-4-11(10(2)3)9-14-7-5-12(6-8-14)13(15)16/h4,12H,1,5-9H2,2-3H3,(H,15,16). The zero-order valence-corrected chi connectivity index (χ0v) is 10.2. The van der Waals surface area contributed by atoms with Crippen molar-refractivity contribution in [1.29, 1.82) is 0 Å². The van der Waals surface area contributed by atoms with Crippen LogP contribution in [0.15, 0.2) is 23.8 Å². The Hall–Kier alpha value is -1.09. The number of carboxylic acid groups (broad SMARTS) is 1. The Morgan fingerprint density at radius 1 is 1.44 bits per heavy atom. The van der Waals surface area contributed by atoms with Gasteiger partial charge in [-0.05, 0) is 45.4 Å². The van der Waals surface area contributed by atoms with Gasteiger partial charge < -0.3 is 5.11 Å². The second kappa shape index (κ2) is 5.85. The molecule has 1 aliphatic heterocycles. The number of allylic oxidation sites excluding steroid dienone is 1. The van der Waals surface area contributed by atoms with Crippen molar-refractivity contribution in [3.8, 4) is 0 Å². The summed E-state index contributed by atoms with van der Waals surface area (Å²) in [5.74, 6) is -0.791. The topological polar surface area (TPSA) is 40.5 Å². The van der Waals surface area contributed by atoms with Gasteiger partial charge in [0, 0.05) is 6.54 Å². The second-order valence-corrected chi connectivity index (χ2v) is 4.62. The third-order valence-corrected chi connectivity index (χ3v) is 3.22. The van der Waals surface area contributed by atoms with Gasteiger partial charge in [0.05, 0.1) is 5.92 Å². The maximum atomic E-state index is 10.8. The molecule has 1 rings (SSSR count). The van der Waals surface area contributed by atoms with E-state index in [1.54, 1.807) is 0 Å². The van der Waals surface area contributed by atoms with Crippen LogP contribution in [0, 0.1) is 5.92 Å². The van der Waals surface area contributed by atoms with Crippen LogP contribution in [0.3, 0.4) is 0 Å². The lowest BCUT2D eigenvalue weighted by atomic mass is 9.96. The largest absolute Gasteiger partial charge is 0.481 e. The van der Waals surface area contributed by atoms with Crippen LogP contribution in [-0.4, -0.2) is 35.6 Å². The van der Waals surface area contributed by atoms with Crippen molar-refractivity contribution in [2.24, 2.45) is 5.92 Å². The first-order valence-electron chi connectivity index (χ1n) is 5.78. The molecule has 0 unspecified atom stereocenters. The lowest BCUT2D eigenvalue weighted by Crippen LogP contribution is -2.37. The zero-order valence-electron chi connectivity index (χ0n) is 10.2. The molecule has 0 aliphatic carbocycles. The number of nitrogens with zero attached hydrogens (tertiary/aromatic N) is 1. The van der Waals surface area contributed by atoms with Crippen molar-refractivity contribution < 1.29 is 9.90 Å². The Morgan fingerprint density at radius 2 is 2.00 bits per heavy atom. The summed E-state index contributed by atoms with van der Waals surface area (Å²) in [6.45, 7) is 10.6. The molecule has 0 saturated carbocycles. The molecule has 1 heterocycles. The fraction of sp³-hybridized carbons (Fsp3) is 0.615. The van der Waals surface area contributed by atoms with Crippen LogP contribution in [-0.2, 0) is 4.79 Å². The van der Waals surface area contributed by atoms with E-state index in [-0.39, 0.29) is 5.92 Å². The lowest BCUT2D eigenvalue weighted by Gasteiger charge is -2.30. The van der Waals surface area contributed by atoms with Crippen LogP contribution >= 0.6 is 0 Å². The Kier molecular flexibility index (Phi) is 4.74. The molecular formula is C13H21NO2. The minimum absolute atomic E-state index is 0.143. The van der Waals surface area contributed by atoms with Crippen LogP contribution < -0.4 is 0 Å². The summed E-state index contributed by atoms with van der Waals surface area (Å²) in [7, 11) is 0. The number of aliphatic carboxylic acids is 1. The second-order valence-electron chi connectivity index (χ2n) is 4.62. The van der Waals surface area contributed by atoms with E-state index in [0.29, 0.717) is 0 Å². The summed E-state index contributed by atoms with van der Waals surface area (Å²) in [4.78, 5) is 13.1. The summed E-state index contributed by atoms with van der Waals surface area (Å²) in [6.07, 6.45) is 3.43. The Labute approximate surface area is 97.4 Å². The van der Waals surface area contributed by atoms with E-state index in [1.807, 2.05) is 6.08 Å². The smallest absolute Gasteiger partial charge is 0.306 e. The summed E-state index contributed by atoms with van der Waals surface area (Å²) in [6, 6.07) is 0. The molecule has 1 fully saturated rings. The molecule has 0 atom stereocenters. The average molecular weight is 223 g/mol. The van der Waals surface area contributed by atoms with Gasteiger partial charge in [-0.1, -0.05) is 18.2 Å². The molecule has 1 aliphatic rings. The van der Waals surface area contributed by atoms with Crippen molar-refractivity contribution in [2.75, 3.05) is 19.6 Å². The van der Waals surface area contributed by atoms with Crippen molar-refractivity contribution in [3.05, 3.63) is 23.8 Å². The quantitative estimate of drug-likeness (QED) is 0.743. The average Bonchev–Trinajstić information content (AvgIpc) is 2.26. The van der Waals surface area contributed by atoms with Gasteiger partial charge in [-0.15, -0.1) is 0 Å². The van der Waals surface area contributed by atoms with Gasteiger partial charge in [-0.3, -0.25) is 9.69 Å². The molecular weight excluding hydrogens is 202 g/mol. The Morgan fingerprint density at radius 3 is 2.38 bits per heavy atom. The van der Waals surface area contributed by atoms with Gasteiger partial charge in [0.1, 0.15) is 0 Å². The number of piperidine rings is 1. The number of likely N-dealkylation sites (tertiary alicyclic amines) is 1. The fourth-order valence-corrected chi connectivity index (χ4v) is 2.01. The monoisotopic (exact) mass is 223 g/mol. The maximum absolute atomic E-state index is 10.8. The van der Waals surface area contributed by atoms with E-state index in [1.165, 1.54) is 11.1 Å². The molecule has 0 amide bonds. The van der Waals surface area contributed by atoms with Crippen molar-refractivity contribution >= 4 is 5.97 Å². The molecule has 0 bridgehead atoms. The minimum atomic E-state index is -0.647. The predicted octanol–water partition coefficient (Wildman–Crippen LogP) is 2.31. The highest BCUT2D eigenvalue weighted by Crippen LogP contribution is 2.19. The van der Waals surface area contributed by atoms with Crippen LogP contribution in [0.5, 0.6) is 0 Å². The number of rotatable bonds is 4. The van der Waals surface area contributed by atoms with E-state index in [4.69, 9.17) is 5.11 Å². The molecule has 0 radical (unpaired) electrons. The molecule has 3 heteroatoms. The molecule has 90 valence electrons. The molecule has 0 aromatic carbocycles. The number of carboxylic acids is 1. The van der Waals surface area contributed by atoms with E-state index < -0.39 is 5.97 Å². The predicted molar refractivity (Wildman–Crippen MR) is 65.4 cm³/mol. The molecule has 1 N–H and O–H groups in total. The third kappa shape index (κ3) is 3.49. The number of hydrogen-bond donors (Lipinski definition) is 1. The van der Waals surface area contributed by atoms with Crippen LogP contribution in [0.1, 0.15) is 26.7 Å². The Balaban J connectivity index is 2.46. The highest BCUT2D eigenvalue weighted by Gasteiger charge is 2.24. The third-order valence-electron chi connectivity index (χ3n) is 3.22. The van der Waals surface area contributed by atoms with E-state index in [0.717, 1.165) is 32.5 Å². The normalized spacial score (nSPS) is 18.1. The van der Waals surface area contributed by atoms with Crippen LogP contribution in [0.2, 0.25) is 0 Å². The van der Waals surface area contributed by atoms with Gasteiger partial charge in [-0.2, -0.15) is 0 Å². The van der Waals surface area contributed by atoms with Gasteiger partial charge in [-0.25, -0.2) is 0 Å². The molecule has 0 aromatic heterocycles. The summed E-state index contributed by atoms with van der Waals surface area (Å²) in [5, 5.41) is 8.90. The van der Waals surface area contributed by atoms with Gasteiger partial charge in [0.15, 0.2) is 0 Å². The van der Waals surface area contributed by atoms with E-state index >= 15 is 0 Å². The lowest BCUT2D eigenvalue weighted by molar-refractivity contribution is -0.143. The van der Waals surface area contributed by atoms with Gasteiger partial charge in [0.2, 0.25) is 0 Å². The first-order valence-corrected chi connectivity index (χ1v) is 5.78. The van der Waals surface area contributed by atoms with Gasteiger partial charge in [0.25, 0.3) is 0 Å². The maximum Gasteiger partial charge on any atom is 0.306 e. The highest BCUT2D eigenvalue weighted by molar-refractivity contribution is 5.70.